The van der Waals surface area contributed by atoms with Crippen molar-refractivity contribution in [3.8, 4) is 0 Å². The highest BCUT2D eigenvalue weighted by atomic mass is 35.5. The minimum absolute atomic E-state index is 0.0219. The molecule has 0 radical (unpaired) electrons. The summed E-state index contributed by atoms with van der Waals surface area (Å²) in [6.07, 6.45) is 0.635. The summed E-state index contributed by atoms with van der Waals surface area (Å²) in [5.74, 6) is -1.54. The first-order chi connectivity index (χ1) is 13.5. The Labute approximate surface area is 166 Å². The third-order valence-electron chi connectivity index (χ3n) is 3.95. The molecule has 142 valence electrons. The fraction of sp³-hybridized carbons (Fsp3) is 0.0952. The zero-order valence-corrected chi connectivity index (χ0v) is 15.5. The van der Waals surface area contributed by atoms with Crippen molar-refractivity contribution >= 4 is 29.1 Å². The van der Waals surface area contributed by atoms with E-state index in [1.165, 1.54) is 30.3 Å². The number of nitrogens with one attached hydrogen (secondary N) is 2. The lowest BCUT2D eigenvalue weighted by molar-refractivity contribution is 0.0949. The van der Waals surface area contributed by atoms with Crippen molar-refractivity contribution in [2.24, 2.45) is 0 Å². The fourth-order valence-electron chi connectivity index (χ4n) is 2.50. The van der Waals surface area contributed by atoms with Gasteiger partial charge in [-0.3, -0.25) is 9.59 Å². The molecule has 0 atom stereocenters. The topological polar surface area (TPSA) is 71.1 Å². The predicted molar refractivity (Wildman–Crippen MR) is 106 cm³/mol. The van der Waals surface area contributed by atoms with Crippen molar-refractivity contribution in [3.05, 3.63) is 94.5 Å². The first-order valence-electron chi connectivity index (χ1n) is 8.58. The molecule has 1 heterocycles. The molecule has 3 rings (SSSR count). The number of rotatable bonds is 6. The van der Waals surface area contributed by atoms with E-state index in [0.29, 0.717) is 18.0 Å². The molecule has 0 aliphatic heterocycles. The highest BCUT2D eigenvalue weighted by Gasteiger charge is 2.13. The van der Waals surface area contributed by atoms with Crippen LogP contribution in [0.15, 0.2) is 66.7 Å². The number of anilines is 1. The Morgan fingerprint density at radius 1 is 0.893 bits per heavy atom. The summed E-state index contributed by atoms with van der Waals surface area (Å²) in [4.78, 5) is 28.6. The van der Waals surface area contributed by atoms with Crippen LogP contribution in [0.1, 0.15) is 26.5 Å². The van der Waals surface area contributed by atoms with E-state index in [-0.39, 0.29) is 17.1 Å². The number of hydrogen-bond donors (Lipinski definition) is 2. The van der Waals surface area contributed by atoms with Gasteiger partial charge in [0.05, 0.1) is 5.69 Å². The second-order valence-corrected chi connectivity index (χ2v) is 6.41. The van der Waals surface area contributed by atoms with Crippen LogP contribution in [0.5, 0.6) is 0 Å². The van der Waals surface area contributed by atoms with Crippen LogP contribution in [0.2, 0.25) is 5.02 Å². The highest BCUT2D eigenvalue weighted by molar-refractivity contribution is 6.30. The summed E-state index contributed by atoms with van der Waals surface area (Å²) >= 11 is 5.84. The number of para-hydroxylation sites is 1. The Morgan fingerprint density at radius 3 is 2.29 bits per heavy atom. The Hall–Kier alpha value is -3.25. The van der Waals surface area contributed by atoms with Crippen molar-refractivity contribution < 1.29 is 14.0 Å². The van der Waals surface area contributed by atoms with Gasteiger partial charge in [0.25, 0.3) is 11.8 Å². The number of amides is 2. The first-order valence-corrected chi connectivity index (χ1v) is 8.96. The minimum Gasteiger partial charge on any atom is -0.350 e. The third-order valence-corrected chi connectivity index (χ3v) is 4.20. The van der Waals surface area contributed by atoms with Crippen molar-refractivity contribution in [2.45, 2.75) is 6.42 Å². The summed E-state index contributed by atoms with van der Waals surface area (Å²) in [5, 5.41) is 5.86. The summed E-state index contributed by atoms with van der Waals surface area (Å²) < 4.78 is 13.7. The first kappa shape index (κ1) is 19.5. The van der Waals surface area contributed by atoms with Gasteiger partial charge >= 0.3 is 0 Å². The number of nitrogens with zero attached hydrogens (tertiary/aromatic N) is 1. The molecule has 0 fully saturated rings. The molecule has 0 aliphatic rings. The average Bonchev–Trinajstić information content (AvgIpc) is 2.71. The number of benzene rings is 2. The largest absolute Gasteiger partial charge is 0.350 e. The molecule has 0 unspecified atom stereocenters. The molecule has 3 aromatic rings. The van der Waals surface area contributed by atoms with E-state index in [4.69, 9.17) is 11.6 Å². The van der Waals surface area contributed by atoms with E-state index in [2.05, 4.69) is 15.6 Å². The van der Waals surface area contributed by atoms with Gasteiger partial charge in [-0.25, -0.2) is 9.37 Å². The van der Waals surface area contributed by atoms with Crippen LogP contribution >= 0.6 is 11.6 Å². The van der Waals surface area contributed by atoms with Crippen LogP contribution in [-0.4, -0.2) is 23.3 Å². The number of halogens is 2. The normalized spacial score (nSPS) is 10.4. The Balaban J connectivity index is 1.60. The van der Waals surface area contributed by atoms with Gasteiger partial charge in [-0.15, -0.1) is 0 Å². The number of hydrogen-bond acceptors (Lipinski definition) is 3. The van der Waals surface area contributed by atoms with Gasteiger partial charge in [-0.05, 0) is 48.4 Å². The maximum atomic E-state index is 13.7. The molecular formula is C21H17ClFN3O2. The standard InChI is InChI=1S/C21H17ClFN3O2/c22-15-10-8-14(9-11-15)12-13-24-20(27)18-6-3-7-19(25-18)21(28)26-17-5-2-1-4-16(17)23/h1-11H,12-13H2,(H,24,27)(H,26,28). The summed E-state index contributed by atoms with van der Waals surface area (Å²) in [6, 6.07) is 17.7. The van der Waals surface area contributed by atoms with E-state index >= 15 is 0 Å². The van der Waals surface area contributed by atoms with Gasteiger partial charge in [-0.2, -0.15) is 0 Å². The predicted octanol–water partition coefficient (Wildman–Crippen LogP) is 4.10. The van der Waals surface area contributed by atoms with Crippen LogP contribution < -0.4 is 10.6 Å². The minimum atomic E-state index is -0.596. The molecule has 28 heavy (non-hydrogen) atoms. The van der Waals surface area contributed by atoms with Gasteiger partial charge in [0.2, 0.25) is 0 Å². The van der Waals surface area contributed by atoms with Crippen LogP contribution in [0.25, 0.3) is 0 Å². The smallest absolute Gasteiger partial charge is 0.274 e. The fourth-order valence-corrected chi connectivity index (χ4v) is 2.62. The molecular weight excluding hydrogens is 381 g/mol. The molecule has 1 aromatic heterocycles. The van der Waals surface area contributed by atoms with E-state index in [1.807, 2.05) is 12.1 Å². The third kappa shape index (κ3) is 5.14. The average molecular weight is 398 g/mol. The van der Waals surface area contributed by atoms with E-state index < -0.39 is 17.6 Å². The molecule has 7 heteroatoms. The molecule has 0 aliphatic carbocycles. The van der Waals surface area contributed by atoms with Gasteiger partial charge in [-0.1, -0.05) is 41.9 Å². The molecule has 0 saturated carbocycles. The van der Waals surface area contributed by atoms with Crippen molar-refractivity contribution in [1.82, 2.24) is 10.3 Å². The zero-order valence-electron chi connectivity index (χ0n) is 14.8. The van der Waals surface area contributed by atoms with Crippen LogP contribution in [-0.2, 0) is 6.42 Å². The van der Waals surface area contributed by atoms with Gasteiger partial charge in [0.1, 0.15) is 17.2 Å². The maximum Gasteiger partial charge on any atom is 0.274 e. The highest BCUT2D eigenvalue weighted by Crippen LogP contribution is 2.14. The van der Waals surface area contributed by atoms with E-state index in [1.54, 1.807) is 24.3 Å². The molecule has 0 bridgehead atoms. The number of carbonyl (C=O) groups excluding carboxylic acids is 2. The van der Waals surface area contributed by atoms with E-state index in [9.17, 15) is 14.0 Å². The number of pyridine rings is 1. The molecule has 0 saturated heterocycles. The van der Waals surface area contributed by atoms with Gasteiger partial charge in [0.15, 0.2) is 0 Å². The number of carbonyl (C=O) groups is 2. The van der Waals surface area contributed by atoms with Crippen molar-refractivity contribution in [3.63, 3.8) is 0 Å². The molecule has 5 nitrogen and oxygen atoms in total. The molecule has 2 N–H and O–H groups in total. The summed E-state index contributed by atoms with van der Waals surface area (Å²) in [5.41, 5.74) is 1.22. The Bertz CT molecular complexity index is 993. The lowest BCUT2D eigenvalue weighted by atomic mass is 10.1. The van der Waals surface area contributed by atoms with E-state index in [0.717, 1.165) is 5.56 Å². The molecule has 0 spiro atoms. The van der Waals surface area contributed by atoms with Crippen molar-refractivity contribution in [1.29, 1.82) is 0 Å². The zero-order chi connectivity index (χ0) is 19.9. The summed E-state index contributed by atoms with van der Waals surface area (Å²) in [6.45, 7) is 0.411. The van der Waals surface area contributed by atoms with Crippen LogP contribution in [0, 0.1) is 5.82 Å². The number of aromatic nitrogens is 1. The molecule has 2 aromatic carbocycles. The van der Waals surface area contributed by atoms with Crippen LogP contribution in [0.3, 0.4) is 0 Å². The quantitative estimate of drug-likeness (QED) is 0.657. The van der Waals surface area contributed by atoms with Gasteiger partial charge < -0.3 is 10.6 Å². The maximum absolute atomic E-state index is 13.7. The monoisotopic (exact) mass is 397 g/mol. The second-order valence-electron chi connectivity index (χ2n) is 5.97. The van der Waals surface area contributed by atoms with Crippen molar-refractivity contribution in [2.75, 3.05) is 11.9 Å². The lowest BCUT2D eigenvalue weighted by Gasteiger charge is -2.08. The lowest BCUT2D eigenvalue weighted by Crippen LogP contribution is -2.27. The van der Waals surface area contributed by atoms with Crippen LogP contribution in [0.4, 0.5) is 10.1 Å². The second kappa shape index (κ2) is 9.10. The molecule has 2 amide bonds. The summed E-state index contributed by atoms with van der Waals surface area (Å²) in [7, 11) is 0. The van der Waals surface area contributed by atoms with Gasteiger partial charge in [0, 0.05) is 11.6 Å². The SMILES string of the molecule is O=C(NCCc1ccc(Cl)cc1)c1cccc(C(=O)Nc2ccccc2F)n1. The Morgan fingerprint density at radius 2 is 1.57 bits per heavy atom. The Kier molecular flexibility index (Phi) is 6.34.